The first kappa shape index (κ1) is 22.1. The van der Waals surface area contributed by atoms with Crippen molar-refractivity contribution in [3.05, 3.63) is 45.9 Å². The highest BCUT2D eigenvalue weighted by molar-refractivity contribution is 9.10. The van der Waals surface area contributed by atoms with Gasteiger partial charge in [0.1, 0.15) is 6.61 Å². The summed E-state index contributed by atoms with van der Waals surface area (Å²) in [4.78, 5) is 12.4. The third-order valence-corrected chi connectivity index (χ3v) is 4.25. The zero-order chi connectivity index (χ0) is 21.2. The summed E-state index contributed by atoms with van der Waals surface area (Å²) in [6.45, 7) is 2.42. The normalized spacial score (nSPS) is 10.3. The van der Waals surface area contributed by atoms with Crippen LogP contribution >= 0.6 is 15.9 Å². The molecule has 0 heterocycles. The van der Waals surface area contributed by atoms with E-state index in [1.807, 2.05) is 6.92 Å². The summed E-state index contributed by atoms with van der Waals surface area (Å²) in [5.74, 6) is 4.04. The minimum absolute atomic E-state index is 0.115. The number of carbonyl (C=O) groups is 1. The molecule has 0 fully saturated rings. The Labute approximate surface area is 178 Å². The Balaban J connectivity index is 2.13. The lowest BCUT2D eigenvalue weighted by Gasteiger charge is -2.11. The number of halogens is 1. The second kappa shape index (κ2) is 11.0. The summed E-state index contributed by atoms with van der Waals surface area (Å²) in [5, 5.41) is 4.00. The van der Waals surface area contributed by atoms with Crippen LogP contribution in [0.5, 0.6) is 23.0 Å². The summed E-state index contributed by atoms with van der Waals surface area (Å²) >= 11 is 3.41. The topological polar surface area (TPSA) is 78.4 Å². The van der Waals surface area contributed by atoms with E-state index in [4.69, 9.17) is 25.4 Å². The summed E-state index contributed by atoms with van der Waals surface area (Å²) in [5.41, 5.74) is 3.56. The molecule has 8 heteroatoms. The molecule has 2 aromatic carbocycles. The molecular weight excluding hydrogens is 440 g/mol. The molecule has 0 unspecified atom stereocenters. The van der Waals surface area contributed by atoms with Gasteiger partial charge in [0.05, 0.1) is 31.5 Å². The second-order valence-corrected chi connectivity index (χ2v) is 6.38. The van der Waals surface area contributed by atoms with Crippen molar-refractivity contribution in [3.63, 3.8) is 0 Å². The van der Waals surface area contributed by atoms with Crippen LogP contribution in [0, 0.1) is 12.3 Å². The van der Waals surface area contributed by atoms with Crippen LogP contribution in [0.25, 0.3) is 0 Å². The van der Waals surface area contributed by atoms with E-state index in [9.17, 15) is 4.79 Å². The molecule has 29 heavy (non-hydrogen) atoms. The Morgan fingerprint density at radius 1 is 1.17 bits per heavy atom. The van der Waals surface area contributed by atoms with Crippen molar-refractivity contribution < 1.29 is 23.7 Å². The molecule has 0 aliphatic heterocycles. The van der Waals surface area contributed by atoms with Crippen LogP contribution in [0.3, 0.4) is 0 Å². The zero-order valence-corrected chi connectivity index (χ0v) is 17.9. The molecule has 0 bridgehead atoms. The van der Waals surface area contributed by atoms with E-state index in [2.05, 4.69) is 32.4 Å². The zero-order valence-electron chi connectivity index (χ0n) is 16.3. The maximum Gasteiger partial charge on any atom is 0.271 e. The first-order valence-electron chi connectivity index (χ1n) is 8.62. The Morgan fingerprint density at radius 3 is 2.59 bits per heavy atom. The van der Waals surface area contributed by atoms with Crippen LogP contribution < -0.4 is 24.4 Å². The number of carbonyl (C=O) groups excluding carboxylic acids is 1. The SMILES string of the molecule is C#CCOc1c(Br)cc(/C=N/NC(=O)c2ccc(OC)c(OCC)c2)cc1OC. The van der Waals surface area contributed by atoms with Gasteiger partial charge in [-0.25, -0.2) is 5.43 Å². The minimum atomic E-state index is -0.384. The fraction of sp³-hybridized carbons (Fsp3) is 0.238. The molecule has 0 saturated carbocycles. The van der Waals surface area contributed by atoms with Gasteiger partial charge >= 0.3 is 0 Å². The number of rotatable bonds is 9. The third kappa shape index (κ3) is 5.90. The first-order chi connectivity index (χ1) is 14.0. The number of amides is 1. The third-order valence-electron chi connectivity index (χ3n) is 3.66. The molecule has 2 rings (SSSR count). The van der Waals surface area contributed by atoms with E-state index in [-0.39, 0.29) is 12.5 Å². The van der Waals surface area contributed by atoms with E-state index in [0.717, 1.165) is 0 Å². The summed E-state index contributed by atoms with van der Waals surface area (Å²) < 4.78 is 22.1. The van der Waals surface area contributed by atoms with Gasteiger partial charge in [-0.2, -0.15) is 5.10 Å². The number of nitrogens with zero attached hydrogens (tertiary/aromatic N) is 1. The molecule has 0 spiro atoms. The van der Waals surface area contributed by atoms with E-state index < -0.39 is 0 Å². The van der Waals surface area contributed by atoms with E-state index in [1.165, 1.54) is 20.4 Å². The van der Waals surface area contributed by atoms with Gasteiger partial charge in [-0.1, -0.05) is 5.92 Å². The molecule has 0 atom stereocenters. The lowest BCUT2D eigenvalue weighted by Crippen LogP contribution is -2.17. The fourth-order valence-electron chi connectivity index (χ4n) is 2.38. The number of terminal acetylenes is 1. The summed E-state index contributed by atoms with van der Waals surface area (Å²) in [6.07, 6.45) is 6.71. The second-order valence-electron chi connectivity index (χ2n) is 5.52. The van der Waals surface area contributed by atoms with Crippen molar-refractivity contribution in [1.29, 1.82) is 0 Å². The van der Waals surface area contributed by atoms with Crippen molar-refractivity contribution >= 4 is 28.1 Å². The van der Waals surface area contributed by atoms with Gasteiger partial charge in [0.15, 0.2) is 23.0 Å². The molecule has 2 aromatic rings. The Morgan fingerprint density at radius 2 is 1.93 bits per heavy atom. The average molecular weight is 461 g/mol. The highest BCUT2D eigenvalue weighted by Gasteiger charge is 2.12. The molecule has 0 aliphatic rings. The van der Waals surface area contributed by atoms with Gasteiger partial charge in [-0.3, -0.25) is 4.79 Å². The van der Waals surface area contributed by atoms with Gasteiger partial charge in [0.25, 0.3) is 5.91 Å². The van der Waals surface area contributed by atoms with Crippen molar-refractivity contribution in [2.24, 2.45) is 5.10 Å². The standard InChI is InChI=1S/C21H21BrN2O5/c1-5-9-29-20-16(22)10-14(11-19(20)27-4)13-23-24-21(25)15-7-8-17(26-3)18(12-15)28-6-2/h1,7-8,10-13H,6,9H2,2-4H3,(H,24,25)/b23-13+. The minimum Gasteiger partial charge on any atom is -0.493 e. The van der Waals surface area contributed by atoms with Crippen LogP contribution in [0.2, 0.25) is 0 Å². The predicted octanol–water partition coefficient (Wildman–Crippen LogP) is 3.64. The molecule has 0 radical (unpaired) electrons. The van der Waals surface area contributed by atoms with Crippen LogP contribution in [-0.2, 0) is 0 Å². The van der Waals surface area contributed by atoms with Gasteiger partial charge < -0.3 is 18.9 Å². The molecule has 1 N–H and O–H groups in total. The Hall–Kier alpha value is -3.18. The number of benzene rings is 2. The van der Waals surface area contributed by atoms with Crippen LogP contribution in [0.4, 0.5) is 0 Å². The Bertz CT molecular complexity index is 937. The van der Waals surface area contributed by atoms with Crippen LogP contribution in [0.15, 0.2) is 39.9 Å². The highest BCUT2D eigenvalue weighted by Crippen LogP contribution is 2.36. The van der Waals surface area contributed by atoms with E-state index in [0.29, 0.717) is 45.2 Å². The summed E-state index contributed by atoms with van der Waals surface area (Å²) in [7, 11) is 3.06. The van der Waals surface area contributed by atoms with Gasteiger partial charge in [-0.05, 0) is 58.7 Å². The van der Waals surface area contributed by atoms with Crippen LogP contribution in [0.1, 0.15) is 22.8 Å². The molecule has 0 aliphatic carbocycles. The average Bonchev–Trinajstić information content (AvgIpc) is 2.72. The van der Waals surface area contributed by atoms with Crippen LogP contribution in [-0.4, -0.2) is 39.6 Å². The maximum absolute atomic E-state index is 12.4. The molecule has 0 saturated heterocycles. The largest absolute Gasteiger partial charge is 0.493 e. The van der Waals surface area contributed by atoms with Crippen molar-refractivity contribution in [2.45, 2.75) is 6.92 Å². The van der Waals surface area contributed by atoms with Crippen molar-refractivity contribution in [2.75, 3.05) is 27.4 Å². The lowest BCUT2D eigenvalue weighted by molar-refractivity contribution is 0.0954. The van der Waals surface area contributed by atoms with Gasteiger partial charge in [0, 0.05) is 5.56 Å². The number of ether oxygens (including phenoxy) is 4. The monoisotopic (exact) mass is 460 g/mol. The molecule has 1 amide bonds. The molecule has 0 aromatic heterocycles. The smallest absolute Gasteiger partial charge is 0.271 e. The summed E-state index contributed by atoms with van der Waals surface area (Å²) in [6, 6.07) is 8.38. The van der Waals surface area contributed by atoms with Crippen molar-refractivity contribution in [1.82, 2.24) is 5.43 Å². The molecular formula is C21H21BrN2O5. The lowest BCUT2D eigenvalue weighted by atomic mass is 10.2. The van der Waals surface area contributed by atoms with Gasteiger partial charge in [0.2, 0.25) is 0 Å². The quantitative estimate of drug-likeness (QED) is 0.351. The number of hydrogen-bond acceptors (Lipinski definition) is 6. The number of nitrogens with one attached hydrogen (secondary N) is 1. The number of hydrogen-bond donors (Lipinski definition) is 1. The molecule has 152 valence electrons. The van der Waals surface area contributed by atoms with Gasteiger partial charge in [-0.15, -0.1) is 6.42 Å². The first-order valence-corrected chi connectivity index (χ1v) is 9.41. The highest BCUT2D eigenvalue weighted by atomic mass is 79.9. The van der Waals surface area contributed by atoms with E-state index >= 15 is 0 Å². The Kier molecular flexibility index (Phi) is 8.37. The van der Waals surface area contributed by atoms with Crippen molar-refractivity contribution in [3.8, 4) is 35.3 Å². The molecule has 7 nitrogen and oxygen atoms in total. The number of hydrazone groups is 1. The number of methoxy groups -OCH3 is 2. The predicted molar refractivity (Wildman–Crippen MR) is 114 cm³/mol. The fourth-order valence-corrected chi connectivity index (χ4v) is 2.96. The maximum atomic E-state index is 12.4. The van der Waals surface area contributed by atoms with E-state index in [1.54, 1.807) is 30.3 Å².